The van der Waals surface area contributed by atoms with Gasteiger partial charge in [-0.1, -0.05) is 90.5 Å². The van der Waals surface area contributed by atoms with E-state index in [9.17, 15) is 4.79 Å². The molecule has 1 unspecified atom stereocenters. The summed E-state index contributed by atoms with van der Waals surface area (Å²) < 4.78 is 7.92. The summed E-state index contributed by atoms with van der Waals surface area (Å²) in [6, 6.07) is 35.9. The Morgan fingerprint density at radius 2 is 1.56 bits per heavy atom. The third kappa shape index (κ3) is 5.71. The number of methoxy groups -OCH3 is 1. The summed E-state index contributed by atoms with van der Waals surface area (Å²) in [5.41, 5.74) is 7.15. The van der Waals surface area contributed by atoms with E-state index in [4.69, 9.17) is 4.74 Å². The van der Waals surface area contributed by atoms with Gasteiger partial charge in [0.25, 0.3) is 0 Å². The fourth-order valence-corrected chi connectivity index (χ4v) is 6.15. The number of carbonyl (C=O) groups excluding carboxylic acids is 1. The van der Waals surface area contributed by atoms with Crippen molar-refractivity contribution in [3.05, 3.63) is 132 Å². The van der Waals surface area contributed by atoms with Crippen molar-refractivity contribution in [2.24, 2.45) is 0 Å². The third-order valence-corrected chi connectivity index (χ3v) is 8.27. The third-order valence-electron chi connectivity index (χ3n) is 8.27. The lowest BCUT2D eigenvalue weighted by atomic mass is 9.87. The van der Waals surface area contributed by atoms with Gasteiger partial charge in [-0.2, -0.15) is 0 Å². The SMILES string of the molecule is COc1ccccc1N1CCN(C(=O)CC(c2cccc(C)c2)c2cn(Cc3ccccc3)c3ccccc23)CC1. The van der Waals surface area contributed by atoms with Crippen LogP contribution in [0.2, 0.25) is 0 Å². The Bertz CT molecular complexity index is 1630. The van der Waals surface area contributed by atoms with E-state index in [1.807, 2.05) is 23.1 Å². The lowest BCUT2D eigenvalue weighted by Gasteiger charge is -2.37. The van der Waals surface area contributed by atoms with Crippen LogP contribution in [0.25, 0.3) is 10.9 Å². The lowest BCUT2D eigenvalue weighted by Crippen LogP contribution is -2.49. The van der Waals surface area contributed by atoms with Gasteiger partial charge in [0.1, 0.15) is 5.75 Å². The minimum Gasteiger partial charge on any atom is -0.495 e. The zero-order valence-corrected chi connectivity index (χ0v) is 23.9. The Hall–Kier alpha value is -4.51. The van der Waals surface area contributed by atoms with Crippen LogP contribution in [0, 0.1) is 6.92 Å². The average Bonchev–Trinajstić information content (AvgIpc) is 3.38. The molecule has 1 aliphatic heterocycles. The standard InChI is InChI=1S/C36H37N3O2/c1-27-11-10-14-29(23-27)31(24-36(40)38-21-19-37(20-22-38)34-17-8-9-18-35(34)41-2)32-26-39(25-28-12-4-3-5-13-28)33-16-7-6-15-30(32)33/h3-18,23,26,31H,19-22,24-25H2,1-2H3. The zero-order valence-electron chi connectivity index (χ0n) is 23.9. The minimum absolute atomic E-state index is 0.0310. The molecule has 0 spiro atoms. The number of rotatable bonds is 8. The first-order valence-corrected chi connectivity index (χ1v) is 14.4. The molecular weight excluding hydrogens is 506 g/mol. The molecule has 6 rings (SSSR count). The molecule has 41 heavy (non-hydrogen) atoms. The Kier molecular flexibility index (Phi) is 7.77. The van der Waals surface area contributed by atoms with E-state index in [1.165, 1.54) is 33.2 Å². The fourth-order valence-electron chi connectivity index (χ4n) is 6.15. The number of piperazine rings is 1. The summed E-state index contributed by atoms with van der Waals surface area (Å²) in [6.07, 6.45) is 2.72. The number of benzene rings is 4. The molecule has 5 nitrogen and oxygen atoms in total. The molecule has 1 amide bonds. The van der Waals surface area contributed by atoms with E-state index in [0.29, 0.717) is 19.5 Å². The molecule has 4 aromatic carbocycles. The van der Waals surface area contributed by atoms with Crippen molar-refractivity contribution in [2.45, 2.75) is 25.8 Å². The molecule has 1 atom stereocenters. The van der Waals surface area contributed by atoms with Crippen LogP contribution in [0.1, 0.15) is 34.6 Å². The normalized spacial score (nSPS) is 14.3. The van der Waals surface area contributed by atoms with E-state index < -0.39 is 0 Å². The molecule has 0 radical (unpaired) electrons. The fraction of sp³-hybridized carbons (Fsp3) is 0.250. The van der Waals surface area contributed by atoms with Gasteiger partial charge in [-0.25, -0.2) is 0 Å². The molecule has 1 aromatic heterocycles. The number of fused-ring (bicyclic) bond motifs is 1. The van der Waals surface area contributed by atoms with Gasteiger partial charge in [0, 0.05) is 62.2 Å². The summed E-state index contributed by atoms with van der Waals surface area (Å²) in [7, 11) is 1.71. The summed E-state index contributed by atoms with van der Waals surface area (Å²) in [6.45, 7) is 5.90. The molecule has 2 heterocycles. The predicted molar refractivity (Wildman–Crippen MR) is 167 cm³/mol. The second-order valence-corrected chi connectivity index (χ2v) is 10.9. The maximum atomic E-state index is 13.9. The van der Waals surface area contributed by atoms with Gasteiger partial charge in [-0.15, -0.1) is 0 Å². The van der Waals surface area contributed by atoms with Crippen molar-refractivity contribution in [3.8, 4) is 5.75 Å². The Balaban J connectivity index is 1.28. The van der Waals surface area contributed by atoms with Crippen molar-refractivity contribution in [2.75, 3.05) is 38.2 Å². The van der Waals surface area contributed by atoms with E-state index >= 15 is 0 Å². The topological polar surface area (TPSA) is 37.7 Å². The van der Waals surface area contributed by atoms with E-state index in [-0.39, 0.29) is 11.8 Å². The van der Waals surface area contributed by atoms with Crippen molar-refractivity contribution in [1.82, 2.24) is 9.47 Å². The van der Waals surface area contributed by atoms with Gasteiger partial charge in [0.05, 0.1) is 12.8 Å². The smallest absolute Gasteiger partial charge is 0.223 e. The van der Waals surface area contributed by atoms with Gasteiger partial charge in [-0.05, 0) is 41.8 Å². The van der Waals surface area contributed by atoms with Gasteiger partial charge in [-0.3, -0.25) is 4.79 Å². The van der Waals surface area contributed by atoms with Crippen LogP contribution in [0.4, 0.5) is 5.69 Å². The Morgan fingerprint density at radius 1 is 0.829 bits per heavy atom. The first-order valence-electron chi connectivity index (χ1n) is 14.4. The highest BCUT2D eigenvalue weighted by molar-refractivity contribution is 5.87. The molecule has 1 aliphatic rings. The number of aryl methyl sites for hydroxylation is 1. The minimum atomic E-state index is -0.0310. The number of hydrogen-bond donors (Lipinski definition) is 0. The van der Waals surface area contributed by atoms with Crippen molar-refractivity contribution < 1.29 is 9.53 Å². The Labute approximate surface area is 242 Å². The van der Waals surface area contributed by atoms with Crippen molar-refractivity contribution in [3.63, 3.8) is 0 Å². The molecule has 0 bridgehead atoms. The van der Waals surface area contributed by atoms with E-state index in [0.717, 1.165) is 31.1 Å². The highest BCUT2D eigenvalue weighted by atomic mass is 16.5. The maximum Gasteiger partial charge on any atom is 0.223 e. The molecule has 1 saturated heterocycles. The summed E-state index contributed by atoms with van der Waals surface area (Å²) in [5.74, 6) is 1.05. The second kappa shape index (κ2) is 11.9. The van der Waals surface area contributed by atoms with Crippen molar-refractivity contribution in [1.29, 1.82) is 0 Å². The molecule has 208 valence electrons. The van der Waals surface area contributed by atoms with Crippen LogP contribution in [0.5, 0.6) is 5.75 Å². The number of hydrogen-bond acceptors (Lipinski definition) is 3. The molecule has 5 aromatic rings. The second-order valence-electron chi connectivity index (χ2n) is 10.9. The predicted octanol–water partition coefficient (Wildman–Crippen LogP) is 6.88. The summed E-state index contributed by atoms with van der Waals surface area (Å²) >= 11 is 0. The monoisotopic (exact) mass is 543 g/mol. The number of nitrogens with zero attached hydrogens (tertiary/aromatic N) is 3. The average molecular weight is 544 g/mol. The number of carbonyl (C=O) groups is 1. The van der Waals surface area contributed by atoms with Crippen molar-refractivity contribution >= 4 is 22.5 Å². The lowest BCUT2D eigenvalue weighted by molar-refractivity contribution is -0.131. The van der Waals surface area contributed by atoms with Crippen LogP contribution in [-0.4, -0.2) is 48.7 Å². The first-order chi connectivity index (χ1) is 20.1. The molecule has 5 heteroatoms. The molecule has 0 saturated carbocycles. The maximum absolute atomic E-state index is 13.9. The van der Waals surface area contributed by atoms with Crippen LogP contribution in [0.15, 0.2) is 109 Å². The van der Waals surface area contributed by atoms with Crippen LogP contribution < -0.4 is 9.64 Å². The van der Waals surface area contributed by atoms with Gasteiger partial charge < -0.3 is 19.1 Å². The summed E-state index contributed by atoms with van der Waals surface area (Å²) in [5, 5.41) is 1.21. The van der Waals surface area contributed by atoms with E-state index in [1.54, 1.807) is 7.11 Å². The number of amides is 1. The Morgan fingerprint density at radius 3 is 2.34 bits per heavy atom. The molecule has 1 fully saturated rings. The van der Waals surface area contributed by atoms with Crippen LogP contribution >= 0.6 is 0 Å². The number of para-hydroxylation sites is 3. The quantitative estimate of drug-likeness (QED) is 0.214. The number of anilines is 1. The van der Waals surface area contributed by atoms with Gasteiger partial charge in [0.2, 0.25) is 5.91 Å². The highest BCUT2D eigenvalue weighted by Crippen LogP contribution is 2.36. The van der Waals surface area contributed by atoms with E-state index in [2.05, 4.69) is 108 Å². The highest BCUT2D eigenvalue weighted by Gasteiger charge is 2.28. The van der Waals surface area contributed by atoms with Gasteiger partial charge in [0.15, 0.2) is 0 Å². The number of ether oxygens (including phenoxy) is 1. The van der Waals surface area contributed by atoms with Crippen LogP contribution in [-0.2, 0) is 11.3 Å². The first kappa shape index (κ1) is 26.7. The molecular formula is C36H37N3O2. The van der Waals surface area contributed by atoms with Gasteiger partial charge >= 0.3 is 0 Å². The largest absolute Gasteiger partial charge is 0.495 e. The summed E-state index contributed by atoms with van der Waals surface area (Å²) in [4.78, 5) is 18.3. The number of aromatic nitrogens is 1. The zero-order chi connectivity index (χ0) is 28.2. The molecule has 0 N–H and O–H groups in total. The van der Waals surface area contributed by atoms with Crippen LogP contribution in [0.3, 0.4) is 0 Å². The molecule has 0 aliphatic carbocycles.